The summed E-state index contributed by atoms with van der Waals surface area (Å²) in [7, 11) is 1.55. The van der Waals surface area contributed by atoms with Crippen molar-refractivity contribution in [3.63, 3.8) is 0 Å². The Morgan fingerprint density at radius 1 is 1.04 bits per heavy atom. The van der Waals surface area contributed by atoms with Crippen LogP contribution in [-0.2, 0) is 14.3 Å². The van der Waals surface area contributed by atoms with Gasteiger partial charge in [0, 0.05) is 16.6 Å². The van der Waals surface area contributed by atoms with Gasteiger partial charge in [0.05, 0.1) is 12.7 Å². The number of carbonyl (C=O) groups is 2. The number of benzene rings is 2. The highest BCUT2D eigenvalue weighted by Gasteiger charge is 2.16. The number of hydrogen-bond donors (Lipinski definition) is 1. The van der Waals surface area contributed by atoms with Crippen molar-refractivity contribution in [2.45, 2.75) is 0 Å². The summed E-state index contributed by atoms with van der Waals surface area (Å²) in [5, 5.41) is 4.57. The number of thiophene rings is 1. The zero-order chi connectivity index (χ0) is 19.8. The molecule has 1 N–H and O–H groups in total. The Balaban J connectivity index is 1.67. The van der Waals surface area contributed by atoms with E-state index in [1.165, 1.54) is 11.3 Å². The van der Waals surface area contributed by atoms with Crippen molar-refractivity contribution in [1.29, 1.82) is 0 Å². The number of rotatable bonds is 7. The molecule has 0 saturated carbocycles. The monoisotopic (exact) mass is 393 g/mol. The van der Waals surface area contributed by atoms with E-state index in [4.69, 9.17) is 9.47 Å². The van der Waals surface area contributed by atoms with Crippen LogP contribution in [0.3, 0.4) is 0 Å². The first-order valence-corrected chi connectivity index (χ1v) is 9.45. The van der Waals surface area contributed by atoms with Gasteiger partial charge >= 0.3 is 5.97 Å². The molecule has 0 aliphatic heterocycles. The lowest BCUT2D eigenvalue weighted by atomic mass is 10.1. The van der Waals surface area contributed by atoms with E-state index in [-0.39, 0.29) is 6.61 Å². The summed E-state index contributed by atoms with van der Waals surface area (Å²) < 4.78 is 10.4. The van der Waals surface area contributed by atoms with Gasteiger partial charge in [-0.1, -0.05) is 42.5 Å². The van der Waals surface area contributed by atoms with Gasteiger partial charge in [0.1, 0.15) is 5.75 Å². The summed E-state index contributed by atoms with van der Waals surface area (Å²) in [6, 6.07) is 20.2. The lowest BCUT2D eigenvalue weighted by Gasteiger charge is -2.09. The molecule has 1 amide bonds. The zero-order valence-corrected chi connectivity index (χ0v) is 16.1. The quantitative estimate of drug-likeness (QED) is 0.475. The minimum atomic E-state index is -0.549. The van der Waals surface area contributed by atoms with Crippen molar-refractivity contribution in [2.75, 3.05) is 19.0 Å². The normalized spacial score (nSPS) is 11.0. The average Bonchev–Trinajstić information content (AvgIpc) is 3.25. The van der Waals surface area contributed by atoms with Crippen molar-refractivity contribution in [2.24, 2.45) is 0 Å². The van der Waals surface area contributed by atoms with Crippen molar-refractivity contribution in [3.8, 4) is 5.75 Å². The maximum Gasteiger partial charge on any atom is 0.340 e. The van der Waals surface area contributed by atoms with Gasteiger partial charge in [0.25, 0.3) is 5.91 Å². The van der Waals surface area contributed by atoms with Crippen molar-refractivity contribution in [3.05, 3.63) is 82.6 Å². The van der Waals surface area contributed by atoms with Crippen molar-refractivity contribution in [1.82, 2.24) is 0 Å². The predicted octanol–water partition coefficient (Wildman–Crippen LogP) is 4.48. The number of anilines is 1. The highest BCUT2D eigenvalue weighted by Crippen LogP contribution is 2.24. The summed E-state index contributed by atoms with van der Waals surface area (Å²) in [5.41, 5.74) is 1.86. The van der Waals surface area contributed by atoms with E-state index in [0.717, 1.165) is 10.4 Å². The number of esters is 1. The molecule has 2 aromatic carbocycles. The lowest BCUT2D eigenvalue weighted by molar-refractivity contribution is -0.141. The summed E-state index contributed by atoms with van der Waals surface area (Å²) in [4.78, 5) is 25.5. The Bertz CT molecular complexity index is 965. The molecular weight excluding hydrogens is 374 g/mol. The van der Waals surface area contributed by atoms with Gasteiger partial charge in [0.2, 0.25) is 0 Å². The van der Waals surface area contributed by atoms with Crippen LogP contribution in [0, 0.1) is 0 Å². The maximum absolute atomic E-state index is 12.6. The molecule has 0 saturated heterocycles. The third-order valence-electron chi connectivity index (χ3n) is 3.80. The van der Waals surface area contributed by atoms with E-state index >= 15 is 0 Å². The summed E-state index contributed by atoms with van der Waals surface area (Å²) in [6.45, 7) is -0.381. The van der Waals surface area contributed by atoms with Crippen LogP contribution < -0.4 is 10.1 Å². The molecule has 3 aromatic rings. The van der Waals surface area contributed by atoms with Crippen LogP contribution in [0.5, 0.6) is 5.75 Å². The van der Waals surface area contributed by atoms with Crippen molar-refractivity contribution >= 4 is 40.5 Å². The maximum atomic E-state index is 12.6. The van der Waals surface area contributed by atoms with Crippen LogP contribution in [0.4, 0.5) is 5.69 Å². The Kier molecular flexibility index (Phi) is 6.59. The Morgan fingerprint density at radius 3 is 2.57 bits per heavy atom. The van der Waals surface area contributed by atoms with Crippen LogP contribution in [0.25, 0.3) is 11.6 Å². The molecule has 0 spiro atoms. The molecule has 0 aliphatic rings. The van der Waals surface area contributed by atoms with Crippen LogP contribution in [-0.4, -0.2) is 25.6 Å². The van der Waals surface area contributed by atoms with E-state index in [1.54, 1.807) is 37.5 Å². The molecule has 3 rings (SSSR count). The fraction of sp³-hybridized carbons (Fsp3) is 0.0909. The Morgan fingerprint density at radius 2 is 1.86 bits per heavy atom. The van der Waals surface area contributed by atoms with E-state index in [9.17, 15) is 9.59 Å². The topological polar surface area (TPSA) is 64.6 Å². The third-order valence-corrected chi connectivity index (χ3v) is 4.71. The number of amides is 1. The second-order valence-electron chi connectivity index (χ2n) is 5.80. The van der Waals surface area contributed by atoms with Crippen LogP contribution in [0.15, 0.2) is 72.1 Å². The first-order valence-electron chi connectivity index (χ1n) is 8.57. The largest absolute Gasteiger partial charge is 0.497 e. The van der Waals surface area contributed by atoms with Gasteiger partial charge in [-0.3, -0.25) is 4.79 Å². The molecule has 0 radical (unpaired) electrons. The number of carbonyl (C=O) groups excluding carboxylic acids is 2. The molecule has 28 heavy (non-hydrogen) atoms. The first-order chi connectivity index (χ1) is 13.7. The summed E-state index contributed by atoms with van der Waals surface area (Å²) in [6.07, 6.45) is 1.76. The number of nitrogens with one attached hydrogen (secondary N) is 1. The highest BCUT2D eigenvalue weighted by atomic mass is 32.1. The van der Waals surface area contributed by atoms with Gasteiger partial charge in [-0.05, 0) is 35.2 Å². The third kappa shape index (κ3) is 5.31. The van der Waals surface area contributed by atoms with E-state index in [0.29, 0.717) is 17.0 Å². The van der Waals surface area contributed by atoms with Crippen LogP contribution in [0.2, 0.25) is 0 Å². The van der Waals surface area contributed by atoms with Gasteiger partial charge in [-0.25, -0.2) is 4.79 Å². The average molecular weight is 393 g/mol. The van der Waals surface area contributed by atoms with Gasteiger partial charge in [-0.15, -0.1) is 11.3 Å². The van der Waals surface area contributed by atoms with Gasteiger partial charge < -0.3 is 14.8 Å². The first kappa shape index (κ1) is 19.4. The van der Waals surface area contributed by atoms with Crippen molar-refractivity contribution < 1.29 is 19.1 Å². The minimum absolute atomic E-state index is 0.381. The minimum Gasteiger partial charge on any atom is -0.497 e. The number of methoxy groups -OCH3 is 1. The lowest BCUT2D eigenvalue weighted by Crippen LogP contribution is -2.21. The molecule has 0 bridgehead atoms. The Hall–Kier alpha value is -3.38. The number of ether oxygens (including phenoxy) is 2. The van der Waals surface area contributed by atoms with Gasteiger partial charge in [0.15, 0.2) is 6.61 Å². The molecule has 1 heterocycles. The molecule has 5 nitrogen and oxygen atoms in total. The fourth-order valence-corrected chi connectivity index (χ4v) is 3.22. The SMILES string of the molecule is COc1cccc(NC(=O)COC(=O)/C(=C/c2ccccc2)c2cccs2)c1. The Labute approximate surface area is 167 Å². The second kappa shape index (κ2) is 9.53. The van der Waals surface area contributed by atoms with E-state index in [1.807, 2.05) is 47.8 Å². The molecule has 0 atom stereocenters. The molecular formula is C22H19NO4S. The van der Waals surface area contributed by atoms with Crippen LogP contribution in [0.1, 0.15) is 10.4 Å². The van der Waals surface area contributed by atoms with Crippen LogP contribution >= 0.6 is 11.3 Å². The fourth-order valence-electron chi connectivity index (χ4n) is 2.49. The molecule has 6 heteroatoms. The highest BCUT2D eigenvalue weighted by molar-refractivity contribution is 7.11. The molecule has 1 aromatic heterocycles. The summed E-state index contributed by atoms with van der Waals surface area (Å²) in [5.74, 6) is -0.348. The molecule has 142 valence electrons. The zero-order valence-electron chi connectivity index (χ0n) is 15.3. The second-order valence-corrected chi connectivity index (χ2v) is 6.75. The predicted molar refractivity (Wildman–Crippen MR) is 111 cm³/mol. The molecule has 0 aliphatic carbocycles. The van der Waals surface area contributed by atoms with E-state index in [2.05, 4.69) is 5.32 Å². The molecule has 0 unspecified atom stereocenters. The summed E-state index contributed by atoms with van der Waals surface area (Å²) >= 11 is 1.44. The molecule has 0 fully saturated rings. The standard InChI is InChI=1S/C22H19NO4S/c1-26-18-10-5-9-17(14-18)23-21(24)15-27-22(25)19(20-11-6-12-28-20)13-16-7-3-2-4-8-16/h2-14H,15H2,1H3,(H,23,24)/b19-13+. The van der Waals surface area contributed by atoms with Gasteiger partial charge in [-0.2, -0.15) is 0 Å². The number of hydrogen-bond acceptors (Lipinski definition) is 5. The van der Waals surface area contributed by atoms with E-state index < -0.39 is 11.9 Å². The smallest absolute Gasteiger partial charge is 0.340 e.